The van der Waals surface area contributed by atoms with E-state index in [2.05, 4.69) is 31.0 Å². The summed E-state index contributed by atoms with van der Waals surface area (Å²) in [5.41, 5.74) is 0. The smallest absolute Gasteiger partial charge is 0.0443 e. The lowest BCUT2D eigenvalue weighted by atomic mass is 9.77. The maximum Gasteiger partial charge on any atom is 0.0443 e. The highest BCUT2D eigenvalue weighted by molar-refractivity contribution is 4.92. The van der Waals surface area contributed by atoms with E-state index in [-0.39, 0.29) is 0 Å². The molecule has 1 saturated heterocycles. The topological polar surface area (TPSA) is 35.5 Å². The van der Waals surface area contributed by atoms with Gasteiger partial charge >= 0.3 is 0 Å². The fourth-order valence-electron chi connectivity index (χ4n) is 3.65. The van der Waals surface area contributed by atoms with Crippen LogP contribution < -0.4 is 5.32 Å². The molecule has 1 aliphatic carbocycles. The summed E-state index contributed by atoms with van der Waals surface area (Å²) in [7, 11) is 0. The number of hydrogen-bond donors (Lipinski definition) is 2. The van der Waals surface area contributed by atoms with Crippen molar-refractivity contribution in [3.8, 4) is 0 Å². The van der Waals surface area contributed by atoms with Crippen molar-refractivity contribution in [2.45, 2.75) is 58.5 Å². The van der Waals surface area contributed by atoms with E-state index >= 15 is 0 Å². The number of piperidine rings is 1. The summed E-state index contributed by atoms with van der Waals surface area (Å²) in [5, 5.41) is 12.6. The van der Waals surface area contributed by atoms with Gasteiger partial charge in [-0.1, -0.05) is 20.8 Å². The SMILES string of the molecule is CC1CC(N2CC(NCCCO)CC(C(C)C)C2)C1. The lowest BCUT2D eigenvalue weighted by Gasteiger charge is -2.48. The van der Waals surface area contributed by atoms with E-state index in [1.807, 2.05) is 0 Å². The molecule has 2 unspecified atom stereocenters. The van der Waals surface area contributed by atoms with E-state index < -0.39 is 0 Å². The van der Waals surface area contributed by atoms with Crippen molar-refractivity contribution >= 4 is 0 Å². The number of nitrogens with one attached hydrogen (secondary N) is 1. The average Bonchev–Trinajstić information content (AvgIpc) is 2.35. The highest BCUT2D eigenvalue weighted by atomic mass is 16.3. The predicted molar refractivity (Wildman–Crippen MR) is 80.2 cm³/mol. The van der Waals surface area contributed by atoms with Gasteiger partial charge in [0.05, 0.1) is 0 Å². The zero-order chi connectivity index (χ0) is 13.8. The molecule has 0 bridgehead atoms. The van der Waals surface area contributed by atoms with Gasteiger partial charge in [-0.15, -0.1) is 0 Å². The fraction of sp³-hybridized carbons (Fsp3) is 1.00. The number of hydrogen-bond acceptors (Lipinski definition) is 3. The van der Waals surface area contributed by atoms with Crippen molar-refractivity contribution in [3.05, 3.63) is 0 Å². The molecule has 0 amide bonds. The molecule has 2 atom stereocenters. The molecule has 2 N–H and O–H groups in total. The van der Waals surface area contributed by atoms with Gasteiger partial charge in [-0.05, 0) is 50.0 Å². The minimum Gasteiger partial charge on any atom is -0.396 e. The number of nitrogens with zero attached hydrogens (tertiary/aromatic N) is 1. The second-order valence-electron chi connectivity index (χ2n) is 7.15. The summed E-state index contributed by atoms with van der Waals surface area (Å²) < 4.78 is 0. The molecule has 112 valence electrons. The maximum atomic E-state index is 8.90. The van der Waals surface area contributed by atoms with Gasteiger partial charge in [0, 0.05) is 31.8 Å². The normalized spacial score (nSPS) is 36.5. The van der Waals surface area contributed by atoms with Crippen molar-refractivity contribution < 1.29 is 5.11 Å². The molecule has 2 aliphatic rings. The zero-order valence-electron chi connectivity index (χ0n) is 12.9. The Labute approximate surface area is 118 Å². The monoisotopic (exact) mass is 268 g/mol. The van der Waals surface area contributed by atoms with Gasteiger partial charge in [-0.3, -0.25) is 4.90 Å². The van der Waals surface area contributed by atoms with Crippen LogP contribution in [0.1, 0.15) is 46.5 Å². The minimum atomic E-state index is 0.303. The quantitative estimate of drug-likeness (QED) is 0.724. The van der Waals surface area contributed by atoms with Crippen molar-refractivity contribution in [2.24, 2.45) is 17.8 Å². The summed E-state index contributed by atoms with van der Waals surface area (Å²) in [6.45, 7) is 10.9. The summed E-state index contributed by atoms with van der Waals surface area (Å²) in [4.78, 5) is 2.74. The van der Waals surface area contributed by atoms with Gasteiger partial charge in [0.1, 0.15) is 0 Å². The van der Waals surface area contributed by atoms with Gasteiger partial charge in [0.2, 0.25) is 0 Å². The molecular weight excluding hydrogens is 236 g/mol. The molecule has 0 spiro atoms. The van der Waals surface area contributed by atoms with Gasteiger partial charge < -0.3 is 10.4 Å². The van der Waals surface area contributed by atoms with Crippen molar-refractivity contribution in [1.29, 1.82) is 0 Å². The highest BCUT2D eigenvalue weighted by Crippen LogP contribution is 2.35. The highest BCUT2D eigenvalue weighted by Gasteiger charge is 2.36. The molecule has 2 fully saturated rings. The number of rotatable bonds is 6. The maximum absolute atomic E-state index is 8.90. The Balaban J connectivity index is 1.85. The van der Waals surface area contributed by atoms with Crippen LogP contribution in [-0.4, -0.2) is 48.3 Å². The predicted octanol–water partition coefficient (Wildman–Crippen LogP) is 2.10. The van der Waals surface area contributed by atoms with Gasteiger partial charge in [-0.25, -0.2) is 0 Å². The molecular formula is C16H32N2O. The minimum absolute atomic E-state index is 0.303. The molecule has 0 aromatic carbocycles. The third kappa shape index (κ3) is 4.17. The lowest BCUT2D eigenvalue weighted by molar-refractivity contribution is 0.0232. The first-order chi connectivity index (χ1) is 9.10. The summed E-state index contributed by atoms with van der Waals surface area (Å²) in [5.74, 6) is 2.55. The third-order valence-corrected chi connectivity index (χ3v) is 5.09. The van der Waals surface area contributed by atoms with Crippen LogP contribution in [0.5, 0.6) is 0 Å². The van der Waals surface area contributed by atoms with Gasteiger partial charge in [0.25, 0.3) is 0 Å². The summed E-state index contributed by atoms with van der Waals surface area (Å²) in [6.07, 6.45) is 4.98. The second-order valence-corrected chi connectivity index (χ2v) is 7.15. The van der Waals surface area contributed by atoms with Crippen molar-refractivity contribution in [3.63, 3.8) is 0 Å². The van der Waals surface area contributed by atoms with E-state index in [0.29, 0.717) is 12.6 Å². The van der Waals surface area contributed by atoms with Crippen LogP contribution in [0.2, 0.25) is 0 Å². The lowest BCUT2D eigenvalue weighted by Crippen LogP contribution is -2.56. The van der Waals surface area contributed by atoms with Crippen molar-refractivity contribution in [2.75, 3.05) is 26.2 Å². The van der Waals surface area contributed by atoms with Crippen LogP contribution >= 0.6 is 0 Å². The molecule has 0 aromatic heterocycles. The van der Waals surface area contributed by atoms with Crippen molar-refractivity contribution in [1.82, 2.24) is 10.2 Å². The van der Waals surface area contributed by atoms with Crippen LogP contribution in [0.4, 0.5) is 0 Å². The van der Waals surface area contributed by atoms with Crippen LogP contribution in [0.25, 0.3) is 0 Å². The number of likely N-dealkylation sites (tertiary alicyclic amines) is 1. The first-order valence-corrected chi connectivity index (χ1v) is 8.18. The molecule has 0 aromatic rings. The Morgan fingerprint density at radius 1 is 1.21 bits per heavy atom. The molecule has 1 aliphatic heterocycles. The second kappa shape index (κ2) is 7.05. The van der Waals surface area contributed by atoms with Crippen LogP contribution in [0, 0.1) is 17.8 Å². The largest absolute Gasteiger partial charge is 0.396 e. The van der Waals surface area contributed by atoms with E-state index in [1.54, 1.807) is 0 Å². The molecule has 1 saturated carbocycles. The first-order valence-electron chi connectivity index (χ1n) is 8.18. The Hall–Kier alpha value is -0.120. The Kier molecular flexibility index (Phi) is 5.67. The standard InChI is InChI=1S/C16H32N2O/c1-12(2)14-9-15(17-5-4-6-19)11-18(10-14)16-7-13(3)8-16/h12-17,19H,4-11H2,1-3H3. The fourth-order valence-corrected chi connectivity index (χ4v) is 3.65. The Morgan fingerprint density at radius 2 is 1.95 bits per heavy atom. The average molecular weight is 268 g/mol. The molecule has 1 heterocycles. The summed E-state index contributed by atoms with van der Waals surface area (Å²) in [6, 6.07) is 1.47. The van der Waals surface area contributed by atoms with E-state index in [9.17, 15) is 0 Å². The Bertz CT molecular complexity index is 263. The van der Waals surface area contributed by atoms with Crippen LogP contribution in [-0.2, 0) is 0 Å². The molecule has 19 heavy (non-hydrogen) atoms. The molecule has 3 heteroatoms. The Morgan fingerprint density at radius 3 is 2.53 bits per heavy atom. The first kappa shape index (κ1) is 15.3. The van der Waals surface area contributed by atoms with Gasteiger partial charge in [0.15, 0.2) is 0 Å². The zero-order valence-corrected chi connectivity index (χ0v) is 12.9. The number of aliphatic hydroxyl groups excluding tert-OH is 1. The third-order valence-electron chi connectivity index (χ3n) is 5.09. The van der Waals surface area contributed by atoms with E-state index in [0.717, 1.165) is 36.8 Å². The van der Waals surface area contributed by atoms with Crippen LogP contribution in [0.15, 0.2) is 0 Å². The van der Waals surface area contributed by atoms with Gasteiger partial charge in [-0.2, -0.15) is 0 Å². The summed E-state index contributed by atoms with van der Waals surface area (Å²) >= 11 is 0. The molecule has 3 nitrogen and oxygen atoms in total. The van der Waals surface area contributed by atoms with Crippen LogP contribution in [0.3, 0.4) is 0 Å². The van der Waals surface area contributed by atoms with E-state index in [4.69, 9.17) is 5.11 Å². The van der Waals surface area contributed by atoms with E-state index in [1.165, 1.54) is 32.4 Å². The number of aliphatic hydroxyl groups is 1. The molecule has 0 radical (unpaired) electrons. The molecule has 2 rings (SSSR count).